The summed E-state index contributed by atoms with van der Waals surface area (Å²) in [5, 5.41) is 9.56. The van der Waals surface area contributed by atoms with Crippen LogP contribution < -0.4 is 0 Å². The van der Waals surface area contributed by atoms with Crippen molar-refractivity contribution in [2.45, 2.75) is 25.3 Å². The van der Waals surface area contributed by atoms with Crippen molar-refractivity contribution in [2.75, 3.05) is 12.3 Å². The molecular weight excluding hydrogens is 270 g/mol. The Morgan fingerprint density at radius 2 is 2.15 bits per heavy atom. The highest BCUT2D eigenvalue weighted by molar-refractivity contribution is 7.99. The fraction of sp³-hybridized carbons (Fsp3) is 0.438. The summed E-state index contributed by atoms with van der Waals surface area (Å²) in [4.78, 5) is 13.6. The van der Waals surface area contributed by atoms with Gasteiger partial charge in [-0.15, -0.1) is 18.3 Å². The van der Waals surface area contributed by atoms with Crippen molar-refractivity contribution >= 4 is 17.7 Å². The van der Waals surface area contributed by atoms with Crippen molar-refractivity contribution in [3.63, 3.8) is 0 Å². The fourth-order valence-corrected chi connectivity index (χ4v) is 3.87. The van der Waals surface area contributed by atoms with Crippen LogP contribution in [0.4, 0.5) is 0 Å². The van der Waals surface area contributed by atoms with Crippen LogP contribution >= 0.6 is 11.8 Å². The number of carboxylic acids is 1. The summed E-state index contributed by atoms with van der Waals surface area (Å²) in [7, 11) is 0. The lowest BCUT2D eigenvalue weighted by molar-refractivity contribution is -0.148. The average molecular weight is 291 g/mol. The molecule has 1 aliphatic rings. The predicted molar refractivity (Wildman–Crippen MR) is 83.7 cm³/mol. The van der Waals surface area contributed by atoms with Crippen LogP contribution in [0, 0.1) is 5.41 Å². The third-order valence-electron chi connectivity index (χ3n) is 3.67. The van der Waals surface area contributed by atoms with Gasteiger partial charge in [-0.1, -0.05) is 36.4 Å². The Kier molecular flexibility index (Phi) is 4.55. The number of aliphatic carboxylic acids is 1. The molecule has 0 bridgehead atoms. The molecular formula is C16H21NO2S. The number of benzene rings is 1. The van der Waals surface area contributed by atoms with Crippen LogP contribution in [0.15, 0.2) is 43.0 Å². The maximum Gasteiger partial charge on any atom is 0.310 e. The maximum absolute atomic E-state index is 11.4. The molecule has 0 unspecified atom stereocenters. The van der Waals surface area contributed by atoms with Gasteiger partial charge < -0.3 is 5.11 Å². The average Bonchev–Trinajstić information content (AvgIpc) is 2.81. The summed E-state index contributed by atoms with van der Waals surface area (Å²) >= 11 is 1.85. The highest BCUT2D eigenvalue weighted by atomic mass is 32.2. The van der Waals surface area contributed by atoms with Crippen LogP contribution in [-0.2, 0) is 4.79 Å². The SMILES string of the molecule is C=C[C@@H]1CS[C@H](c2ccccc2)N1CC(C)(C)C(=O)O. The minimum absolute atomic E-state index is 0.206. The number of carboxylic acid groups (broad SMARTS) is 1. The van der Waals surface area contributed by atoms with Crippen LogP contribution in [0.5, 0.6) is 0 Å². The van der Waals surface area contributed by atoms with E-state index in [4.69, 9.17) is 0 Å². The second-order valence-electron chi connectivity index (χ2n) is 5.76. The molecule has 2 atom stereocenters. The molecule has 1 fully saturated rings. The van der Waals surface area contributed by atoms with Crippen LogP contribution in [-0.4, -0.2) is 34.3 Å². The number of nitrogens with zero attached hydrogens (tertiary/aromatic N) is 1. The Hall–Kier alpha value is -1.26. The number of hydrogen-bond acceptors (Lipinski definition) is 3. The Labute approximate surface area is 124 Å². The monoisotopic (exact) mass is 291 g/mol. The second-order valence-corrected chi connectivity index (χ2v) is 6.87. The van der Waals surface area contributed by atoms with Gasteiger partial charge in [0, 0.05) is 18.3 Å². The molecule has 3 nitrogen and oxygen atoms in total. The number of carbonyl (C=O) groups is 1. The molecule has 1 aromatic rings. The Balaban J connectivity index is 2.25. The van der Waals surface area contributed by atoms with Crippen LogP contribution in [0.25, 0.3) is 0 Å². The van der Waals surface area contributed by atoms with E-state index in [2.05, 4.69) is 23.6 Å². The van der Waals surface area contributed by atoms with Crippen molar-refractivity contribution in [3.05, 3.63) is 48.6 Å². The number of thioether (sulfide) groups is 1. The third kappa shape index (κ3) is 3.07. The first kappa shape index (κ1) is 15.1. The second kappa shape index (κ2) is 6.02. The zero-order chi connectivity index (χ0) is 14.8. The first-order chi connectivity index (χ1) is 9.45. The number of rotatable bonds is 5. The van der Waals surface area contributed by atoms with Gasteiger partial charge in [0.2, 0.25) is 0 Å². The topological polar surface area (TPSA) is 40.5 Å². The van der Waals surface area contributed by atoms with Gasteiger partial charge in [-0.2, -0.15) is 0 Å². The van der Waals surface area contributed by atoms with Crippen molar-refractivity contribution in [3.8, 4) is 0 Å². The minimum Gasteiger partial charge on any atom is -0.481 e. The summed E-state index contributed by atoms with van der Waals surface area (Å²) < 4.78 is 0. The lowest BCUT2D eigenvalue weighted by Crippen LogP contribution is -2.42. The smallest absolute Gasteiger partial charge is 0.310 e. The molecule has 1 N–H and O–H groups in total. The zero-order valence-corrected chi connectivity index (χ0v) is 12.8. The molecule has 1 aromatic carbocycles. The van der Waals surface area contributed by atoms with Gasteiger partial charge in [0.25, 0.3) is 0 Å². The molecule has 108 valence electrons. The first-order valence-corrected chi connectivity index (χ1v) is 7.79. The molecule has 0 aromatic heterocycles. The molecule has 20 heavy (non-hydrogen) atoms. The van der Waals surface area contributed by atoms with Gasteiger partial charge in [0.15, 0.2) is 0 Å². The Bertz CT molecular complexity index is 487. The van der Waals surface area contributed by atoms with Gasteiger partial charge in [0.05, 0.1) is 10.8 Å². The molecule has 4 heteroatoms. The van der Waals surface area contributed by atoms with E-state index in [0.29, 0.717) is 6.54 Å². The predicted octanol–water partition coefficient (Wildman–Crippen LogP) is 3.40. The molecule has 2 rings (SSSR count). The highest BCUT2D eigenvalue weighted by Crippen LogP contribution is 2.43. The van der Waals surface area contributed by atoms with E-state index in [-0.39, 0.29) is 11.4 Å². The summed E-state index contributed by atoms with van der Waals surface area (Å²) in [6.45, 7) is 7.97. The molecule has 1 aliphatic heterocycles. The van der Waals surface area contributed by atoms with Crippen LogP contribution in [0.1, 0.15) is 24.8 Å². The summed E-state index contributed by atoms with van der Waals surface area (Å²) in [6.07, 6.45) is 1.92. The molecule has 0 spiro atoms. The van der Waals surface area contributed by atoms with Gasteiger partial charge in [-0.3, -0.25) is 9.69 Å². The molecule has 1 heterocycles. The lowest BCUT2D eigenvalue weighted by Gasteiger charge is -2.33. The minimum atomic E-state index is -0.765. The van der Waals surface area contributed by atoms with Crippen molar-refractivity contribution < 1.29 is 9.90 Å². The lowest BCUT2D eigenvalue weighted by atomic mass is 9.92. The summed E-state index contributed by atoms with van der Waals surface area (Å²) in [5.74, 6) is 0.197. The third-order valence-corrected chi connectivity index (χ3v) is 5.06. The fourth-order valence-electron chi connectivity index (χ4n) is 2.39. The zero-order valence-electron chi connectivity index (χ0n) is 12.0. The highest BCUT2D eigenvalue weighted by Gasteiger charge is 2.39. The van der Waals surface area contributed by atoms with Crippen molar-refractivity contribution in [2.24, 2.45) is 5.41 Å². The van der Waals surface area contributed by atoms with E-state index >= 15 is 0 Å². The Morgan fingerprint density at radius 3 is 2.70 bits per heavy atom. The van der Waals surface area contributed by atoms with E-state index in [1.807, 2.05) is 36.0 Å². The van der Waals surface area contributed by atoms with Crippen LogP contribution in [0.2, 0.25) is 0 Å². The van der Waals surface area contributed by atoms with E-state index < -0.39 is 11.4 Å². The molecule has 0 saturated carbocycles. The standard InChI is InChI=1S/C16H21NO2S/c1-4-13-10-20-14(12-8-6-5-7-9-12)17(13)11-16(2,3)15(18)19/h4-9,13-14H,1,10-11H2,2-3H3,(H,18,19)/t13-,14-/m1/s1. The maximum atomic E-state index is 11.4. The van der Waals surface area contributed by atoms with Crippen molar-refractivity contribution in [1.82, 2.24) is 4.90 Å². The largest absolute Gasteiger partial charge is 0.481 e. The van der Waals surface area contributed by atoms with E-state index in [0.717, 1.165) is 5.75 Å². The van der Waals surface area contributed by atoms with Gasteiger partial charge in [-0.25, -0.2) is 0 Å². The number of hydrogen-bond donors (Lipinski definition) is 1. The van der Waals surface area contributed by atoms with Gasteiger partial charge >= 0.3 is 5.97 Å². The normalized spacial score (nSPS) is 23.7. The Morgan fingerprint density at radius 1 is 1.50 bits per heavy atom. The first-order valence-electron chi connectivity index (χ1n) is 6.74. The van der Waals surface area contributed by atoms with E-state index in [1.165, 1.54) is 5.56 Å². The molecule has 0 radical (unpaired) electrons. The molecule has 0 amide bonds. The van der Waals surface area contributed by atoms with Gasteiger partial charge in [-0.05, 0) is 19.4 Å². The molecule has 1 saturated heterocycles. The van der Waals surface area contributed by atoms with E-state index in [9.17, 15) is 9.90 Å². The summed E-state index contributed by atoms with van der Waals surface area (Å²) in [6, 6.07) is 10.5. The summed E-state index contributed by atoms with van der Waals surface area (Å²) in [5.41, 5.74) is 0.460. The van der Waals surface area contributed by atoms with Crippen molar-refractivity contribution in [1.29, 1.82) is 0 Å². The molecule has 0 aliphatic carbocycles. The quantitative estimate of drug-likeness (QED) is 0.844. The van der Waals surface area contributed by atoms with Crippen LogP contribution in [0.3, 0.4) is 0 Å². The van der Waals surface area contributed by atoms with E-state index in [1.54, 1.807) is 13.8 Å². The van der Waals surface area contributed by atoms with Gasteiger partial charge in [0.1, 0.15) is 0 Å².